The summed E-state index contributed by atoms with van der Waals surface area (Å²) in [6.07, 6.45) is 3.79. The van der Waals surface area contributed by atoms with E-state index in [1.165, 1.54) is 6.07 Å². The lowest BCUT2D eigenvalue weighted by Crippen LogP contribution is -2.09. The maximum absolute atomic E-state index is 12.1. The van der Waals surface area contributed by atoms with Gasteiger partial charge in [-0.05, 0) is 36.2 Å². The van der Waals surface area contributed by atoms with Crippen molar-refractivity contribution in [2.45, 2.75) is 11.3 Å². The second-order valence-electron chi connectivity index (χ2n) is 4.00. The minimum atomic E-state index is -3.29. The number of nitrogens with zero attached hydrogens (tertiary/aromatic N) is 1. The van der Waals surface area contributed by atoms with Gasteiger partial charge in [0, 0.05) is 18.1 Å². The van der Waals surface area contributed by atoms with Crippen molar-refractivity contribution in [2.24, 2.45) is 0 Å². The molecule has 0 aliphatic rings. The minimum absolute atomic E-state index is 0.0577. The molecule has 0 fully saturated rings. The fraction of sp³-hybridized carbons (Fsp3) is 0.154. The molecule has 0 saturated carbocycles. The van der Waals surface area contributed by atoms with E-state index in [1.807, 2.05) is 6.07 Å². The summed E-state index contributed by atoms with van der Waals surface area (Å²) >= 11 is 0. The number of nitrogen functional groups attached to an aromatic ring is 1. The van der Waals surface area contributed by atoms with Crippen LogP contribution in [-0.2, 0) is 16.3 Å². The number of sulfone groups is 1. The van der Waals surface area contributed by atoms with E-state index in [2.05, 4.69) is 4.98 Å². The van der Waals surface area contributed by atoms with E-state index in [0.29, 0.717) is 12.1 Å². The Kier molecular flexibility index (Phi) is 3.62. The van der Waals surface area contributed by atoms with Crippen molar-refractivity contribution in [2.75, 3.05) is 11.5 Å². The number of pyridine rings is 1. The smallest absolute Gasteiger partial charge is 0.178 e. The first-order valence-corrected chi connectivity index (χ1v) is 7.20. The molecule has 1 aromatic heterocycles. The Morgan fingerprint density at radius 1 is 1.17 bits per heavy atom. The van der Waals surface area contributed by atoms with Gasteiger partial charge in [0.15, 0.2) is 9.84 Å². The Balaban J connectivity index is 2.13. The Morgan fingerprint density at radius 3 is 2.67 bits per heavy atom. The average molecular weight is 262 g/mol. The number of nitrogens with two attached hydrogens (primary N) is 1. The van der Waals surface area contributed by atoms with E-state index in [-0.39, 0.29) is 10.6 Å². The highest BCUT2D eigenvalue weighted by Gasteiger charge is 2.14. The molecule has 0 aliphatic heterocycles. The number of aromatic nitrogens is 1. The average Bonchev–Trinajstić information content (AvgIpc) is 2.38. The van der Waals surface area contributed by atoms with Gasteiger partial charge in [-0.25, -0.2) is 8.42 Å². The molecule has 0 radical (unpaired) electrons. The third-order valence-corrected chi connectivity index (χ3v) is 4.31. The number of aryl methyl sites for hydroxylation is 1. The van der Waals surface area contributed by atoms with Gasteiger partial charge < -0.3 is 5.73 Å². The zero-order valence-electron chi connectivity index (χ0n) is 9.78. The van der Waals surface area contributed by atoms with Crippen molar-refractivity contribution >= 4 is 15.5 Å². The van der Waals surface area contributed by atoms with E-state index in [4.69, 9.17) is 5.73 Å². The van der Waals surface area contributed by atoms with Gasteiger partial charge in [-0.15, -0.1) is 0 Å². The van der Waals surface area contributed by atoms with Gasteiger partial charge in [0.2, 0.25) is 0 Å². The fourth-order valence-corrected chi connectivity index (χ4v) is 2.97. The maximum atomic E-state index is 12.1. The predicted molar refractivity (Wildman–Crippen MR) is 70.8 cm³/mol. The van der Waals surface area contributed by atoms with Crippen LogP contribution in [0.25, 0.3) is 0 Å². The lowest BCUT2D eigenvalue weighted by molar-refractivity contribution is 0.595. The highest BCUT2D eigenvalue weighted by molar-refractivity contribution is 7.91. The quantitative estimate of drug-likeness (QED) is 0.851. The van der Waals surface area contributed by atoms with Crippen molar-refractivity contribution < 1.29 is 8.42 Å². The molecule has 0 saturated heterocycles. The second-order valence-corrected chi connectivity index (χ2v) is 6.11. The number of hydrogen-bond donors (Lipinski definition) is 1. The molecule has 2 rings (SSSR count). The lowest BCUT2D eigenvalue weighted by atomic mass is 10.2. The van der Waals surface area contributed by atoms with Crippen LogP contribution >= 0.6 is 0 Å². The zero-order valence-corrected chi connectivity index (χ0v) is 10.6. The maximum Gasteiger partial charge on any atom is 0.178 e. The van der Waals surface area contributed by atoms with Crippen LogP contribution in [0.5, 0.6) is 0 Å². The highest BCUT2D eigenvalue weighted by Crippen LogP contribution is 2.15. The van der Waals surface area contributed by atoms with Crippen molar-refractivity contribution in [3.8, 4) is 0 Å². The van der Waals surface area contributed by atoms with Crippen LogP contribution in [0.3, 0.4) is 0 Å². The Hall–Kier alpha value is -1.88. The van der Waals surface area contributed by atoms with Crippen LogP contribution in [0, 0.1) is 0 Å². The first-order valence-electron chi connectivity index (χ1n) is 5.55. The van der Waals surface area contributed by atoms with Crippen molar-refractivity contribution in [3.05, 3.63) is 54.4 Å². The normalized spacial score (nSPS) is 11.3. The van der Waals surface area contributed by atoms with Crippen LogP contribution in [0.15, 0.2) is 53.7 Å². The third-order valence-electron chi connectivity index (χ3n) is 2.60. The highest BCUT2D eigenvalue weighted by atomic mass is 32.2. The van der Waals surface area contributed by atoms with E-state index in [1.54, 1.807) is 36.7 Å². The first kappa shape index (κ1) is 12.6. The summed E-state index contributed by atoms with van der Waals surface area (Å²) in [5.41, 5.74) is 6.95. The monoisotopic (exact) mass is 262 g/mol. The number of rotatable bonds is 4. The number of benzene rings is 1. The summed E-state index contributed by atoms with van der Waals surface area (Å²) in [5, 5.41) is 0. The molecule has 2 N–H and O–H groups in total. The summed E-state index contributed by atoms with van der Waals surface area (Å²) in [5.74, 6) is 0.0577. The molecule has 0 atom stereocenters. The molecule has 94 valence electrons. The van der Waals surface area contributed by atoms with Crippen molar-refractivity contribution in [3.63, 3.8) is 0 Å². The topological polar surface area (TPSA) is 73.1 Å². The molecule has 0 aliphatic carbocycles. The molecule has 4 nitrogen and oxygen atoms in total. The molecule has 0 unspecified atom stereocenters. The van der Waals surface area contributed by atoms with Gasteiger partial charge in [0.1, 0.15) is 0 Å². The summed E-state index contributed by atoms with van der Waals surface area (Å²) in [7, 11) is -3.29. The molecule has 2 aromatic rings. The molecule has 1 aromatic carbocycles. The van der Waals surface area contributed by atoms with Gasteiger partial charge in [-0.2, -0.15) is 0 Å². The Morgan fingerprint density at radius 2 is 2.00 bits per heavy atom. The first-order chi connectivity index (χ1) is 8.58. The summed E-state index contributed by atoms with van der Waals surface area (Å²) in [6.45, 7) is 0. The van der Waals surface area contributed by atoms with Gasteiger partial charge in [0.05, 0.1) is 10.6 Å². The lowest BCUT2D eigenvalue weighted by Gasteiger charge is -2.05. The van der Waals surface area contributed by atoms with Gasteiger partial charge in [-0.1, -0.05) is 12.1 Å². The fourth-order valence-electron chi connectivity index (χ4n) is 1.62. The standard InChI is InChI=1S/C13H14N2O2S/c14-12-4-1-5-13(9-12)18(16,17)8-6-11-3-2-7-15-10-11/h1-5,7,9-10H,6,8,14H2. The Bertz CT molecular complexity index is 624. The zero-order chi connectivity index (χ0) is 13.0. The van der Waals surface area contributed by atoms with Crippen LogP contribution in [0.2, 0.25) is 0 Å². The van der Waals surface area contributed by atoms with Crippen molar-refractivity contribution in [1.82, 2.24) is 4.98 Å². The van der Waals surface area contributed by atoms with Crippen LogP contribution in [-0.4, -0.2) is 19.2 Å². The van der Waals surface area contributed by atoms with E-state index < -0.39 is 9.84 Å². The predicted octanol–water partition coefficient (Wildman–Crippen LogP) is 1.68. The van der Waals surface area contributed by atoms with Crippen LogP contribution in [0.4, 0.5) is 5.69 Å². The number of anilines is 1. The van der Waals surface area contributed by atoms with Crippen LogP contribution < -0.4 is 5.73 Å². The molecular weight excluding hydrogens is 248 g/mol. The summed E-state index contributed by atoms with van der Waals surface area (Å²) in [6, 6.07) is 10.0. The van der Waals surface area contributed by atoms with E-state index >= 15 is 0 Å². The SMILES string of the molecule is Nc1cccc(S(=O)(=O)CCc2cccnc2)c1. The van der Waals surface area contributed by atoms with E-state index in [9.17, 15) is 8.42 Å². The van der Waals surface area contributed by atoms with E-state index in [0.717, 1.165) is 5.56 Å². The molecule has 5 heteroatoms. The minimum Gasteiger partial charge on any atom is -0.399 e. The summed E-state index contributed by atoms with van der Waals surface area (Å²) < 4.78 is 24.2. The van der Waals surface area contributed by atoms with Gasteiger partial charge in [-0.3, -0.25) is 4.98 Å². The summed E-state index contributed by atoms with van der Waals surface area (Å²) in [4.78, 5) is 4.23. The van der Waals surface area contributed by atoms with Crippen LogP contribution in [0.1, 0.15) is 5.56 Å². The van der Waals surface area contributed by atoms with Gasteiger partial charge in [0.25, 0.3) is 0 Å². The Labute approximate surface area is 106 Å². The third kappa shape index (κ3) is 3.07. The second kappa shape index (κ2) is 5.18. The molecule has 0 spiro atoms. The molecule has 0 amide bonds. The largest absolute Gasteiger partial charge is 0.399 e. The van der Waals surface area contributed by atoms with Gasteiger partial charge >= 0.3 is 0 Å². The molecule has 18 heavy (non-hydrogen) atoms. The van der Waals surface area contributed by atoms with Crippen molar-refractivity contribution in [1.29, 1.82) is 0 Å². The molecular formula is C13H14N2O2S. The number of hydrogen-bond acceptors (Lipinski definition) is 4. The molecule has 1 heterocycles. The molecule has 0 bridgehead atoms.